The van der Waals surface area contributed by atoms with Crippen LogP contribution >= 0.6 is 11.8 Å². The molecular weight excluding hydrogens is 450 g/mol. The van der Waals surface area contributed by atoms with Gasteiger partial charge in [-0.15, -0.1) is 0 Å². The van der Waals surface area contributed by atoms with Crippen LogP contribution in [0.25, 0.3) is 10.9 Å². The van der Waals surface area contributed by atoms with Crippen molar-refractivity contribution in [2.24, 2.45) is 17.8 Å². The fourth-order valence-corrected chi connectivity index (χ4v) is 4.89. The minimum Gasteiger partial charge on any atom is -0.483 e. The normalized spacial score (nSPS) is 15.5. The summed E-state index contributed by atoms with van der Waals surface area (Å²) in [4.78, 5) is 23.7. The number of nitrogens with zero attached hydrogens (tertiary/aromatic N) is 3. The molecule has 1 aliphatic heterocycles. The molecule has 3 heterocycles. The molecule has 5 rings (SSSR count). The van der Waals surface area contributed by atoms with E-state index in [-0.39, 0.29) is 11.2 Å². The molecule has 8 nitrogen and oxygen atoms in total. The first-order valence-corrected chi connectivity index (χ1v) is 11.8. The minimum atomic E-state index is -0.312. The highest BCUT2D eigenvalue weighted by molar-refractivity contribution is 8.15. The van der Waals surface area contributed by atoms with Gasteiger partial charge in [0.1, 0.15) is 34.7 Å². The summed E-state index contributed by atoms with van der Waals surface area (Å²) in [6, 6.07) is 13.8. The average molecular weight is 476 g/mol. The number of hydrogen-bond donors (Lipinski definition) is 2. The summed E-state index contributed by atoms with van der Waals surface area (Å²) in [6.07, 6.45) is 3.94. The van der Waals surface area contributed by atoms with Crippen molar-refractivity contribution in [1.29, 1.82) is 0 Å². The van der Waals surface area contributed by atoms with E-state index >= 15 is 0 Å². The SMILES string of the molecule is Cc1ccc(Oc2cc(OCc3nccn3C)c3[nH]c(C4=NCC(CC(N)=O)S4)cc3c2)cc1. The Balaban J connectivity index is 1.46. The fourth-order valence-electron chi connectivity index (χ4n) is 3.79. The van der Waals surface area contributed by atoms with E-state index in [0.717, 1.165) is 33.2 Å². The fraction of sp³-hybridized carbons (Fsp3) is 0.240. The molecule has 1 unspecified atom stereocenters. The second kappa shape index (κ2) is 9.26. The van der Waals surface area contributed by atoms with Gasteiger partial charge in [0.2, 0.25) is 5.91 Å². The molecule has 0 bridgehead atoms. The van der Waals surface area contributed by atoms with Gasteiger partial charge in [-0.3, -0.25) is 9.79 Å². The third-order valence-corrected chi connectivity index (χ3v) is 6.80. The first kappa shape index (κ1) is 22.1. The molecule has 0 aliphatic carbocycles. The number of carbonyl (C=O) groups is 1. The van der Waals surface area contributed by atoms with E-state index in [2.05, 4.69) is 15.0 Å². The molecule has 9 heteroatoms. The van der Waals surface area contributed by atoms with Crippen molar-refractivity contribution >= 4 is 33.6 Å². The second-order valence-electron chi connectivity index (χ2n) is 8.28. The zero-order chi connectivity index (χ0) is 23.7. The van der Waals surface area contributed by atoms with E-state index in [1.807, 2.05) is 67.2 Å². The number of imidazole rings is 1. The molecule has 3 N–H and O–H groups in total. The number of ether oxygens (including phenoxy) is 2. The Hall–Kier alpha value is -3.72. The van der Waals surface area contributed by atoms with Gasteiger partial charge in [0.15, 0.2) is 0 Å². The number of aliphatic imine (C=N–C) groups is 1. The number of thioether (sulfide) groups is 1. The molecule has 1 atom stereocenters. The first-order valence-electron chi connectivity index (χ1n) is 10.9. The lowest BCUT2D eigenvalue weighted by molar-refractivity contribution is -0.117. The molecule has 0 spiro atoms. The molecule has 174 valence electrons. The molecule has 4 aromatic rings. The van der Waals surface area contributed by atoms with Crippen molar-refractivity contribution in [2.45, 2.75) is 25.2 Å². The van der Waals surface area contributed by atoms with Crippen molar-refractivity contribution in [3.05, 3.63) is 71.9 Å². The van der Waals surface area contributed by atoms with Gasteiger partial charge in [-0.1, -0.05) is 29.5 Å². The van der Waals surface area contributed by atoms with Crippen molar-refractivity contribution in [2.75, 3.05) is 6.54 Å². The summed E-state index contributed by atoms with van der Waals surface area (Å²) < 4.78 is 14.2. The molecular formula is C25H25N5O3S. The standard InChI is InChI=1S/C25H25N5O3S/c1-15-3-5-17(6-4-15)33-18-9-16-10-20(25-28-13-19(34-25)12-22(26)31)29-24(16)21(11-18)32-14-23-27-7-8-30(23)2/h3-11,19,29H,12-14H2,1-2H3,(H2,26,31). The summed E-state index contributed by atoms with van der Waals surface area (Å²) in [5.41, 5.74) is 8.26. The lowest BCUT2D eigenvalue weighted by Crippen LogP contribution is -2.18. The number of primary amides is 1. The third-order valence-electron chi connectivity index (χ3n) is 5.58. The van der Waals surface area contributed by atoms with Crippen LogP contribution in [-0.4, -0.2) is 37.3 Å². The molecule has 34 heavy (non-hydrogen) atoms. The monoisotopic (exact) mass is 475 g/mol. The van der Waals surface area contributed by atoms with Gasteiger partial charge in [-0.2, -0.15) is 0 Å². The van der Waals surface area contributed by atoms with Crippen molar-refractivity contribution in [3.63, 3.8) is 0 Å². The number of aromatic amines is 1. The molecule has 0 saturated carbocycles. The number of carbonyl (C=O) groups excluding carboxylic acids is 1. The summed E-state index contributed by atoms with van der Waals surface area (Å²) in [5, 5.41) is 1.87. The molecule has 0 radical (unpaired) electrons. The van der Waals surface area contributed by atoms with Gasteiger partial charge in [0.05, 0.1) is 17.8 Å². The molecule has 2 aromatic heterocycles. The Bertz CT molecular complexity index is 1370. The summed E-state index contributed by atoms with van der Waals surface area (Å²) in [5.74, 6) is 2.58. The Morgan fingerprint density at radius 3 is 2.79 bits per heavy atom. The number of aromatic nitrogens is 3. The van der Waals surface area contributed by atoms with Crippen molar-refractivity contribution in [1.82, 2.24) is 14.5 Å². The van der Waals surface area contributed by atoms with E-state index < -0.39 is 0 Å². The van der Waals surface area contributed by atoms with Crippen molar-refractivity contribution < 1.29 is 14.3 Å². The quantitative estimate of drug-likeness (QED) is 0.395. The van der Waals surface area contributed by atoms with Gasteiger partial charge in [-0.05, 0) is 31.2 Å². The van der Waals surface area contributed by atoms with E-state index in [4.69, 9.17) is 15.2 Å². The van der Waals surface area contributed by atoms with E-state index in [1.54, 1.807) is 18.0 Å². The lowest BCUT2D eigenvalue weighted by Gasteiger charge is -2.11. The maximum atomic E-state index is 11.3. The molecule has 0 fully saturated rings. The van der Waals surface area contributed by atoms with E-state index in [0.29, 0.717) is 31.1 Å². The van der Waals surface area contributed by atoms with Gasteiger partial charge >= 0.3 is 0 Å². The van der Waals surface area contributed by atoms with Gasteiger partial charge in [0.25, 0.3) is 0 Å². The van der Waals surface area contributed by atoms with E-state index in [1.165, 1.54) is 5.56 Å². The number of aryl methyl sites for hydroxylation is 2. The van der Waals surface area contributed by atoms with Crippen LogP contribution in [0, 0.1) is 6.92 Å². The summed E-state index contributed by atoms with van der Waals surface area (Å²) in [6.45, 7) is 2.93. The third kappa shape index (κ3) is 4.79. The predicted octanol–water partition coefficient (Wildman–Crippen LogP) is 4.32. The number of H-pyrrole nitrogens is 1. The van der Waals surface area contributed by atoms with Crippen LogP contribution in [0.5, 0.6) is 17.2 Å². The average Bonchev–Trinajstić information content (AvgIpc) is 3.53. The zero-order valence-corrected chi connectivity index (χ0v) is 19.8. The maximum Gasteiger partial charge on any atom is 0.218 e. The number of nitrogens with two attached hydrogens (primary N) is 1. The van der Waals surface area contributed by atoms with Gasteiger partial charge in [0, 0.05) is 42.6 Å². The van der Waals surface area contributed by atoms with E-state index in [9.17, 15) is 4.79 Å². The Labute approximate surface area is 201 Å². The first-order chi connectivity index (χ1) is 16.4. The maximum absolute atomic E-state index is 11.3. The Morgan fingerprint density at radius 1 is 1.24 bits per heavy atom. The van der Waals surface area contributed by atoms with Crippen LogP contribution in [-0.2, 0) is 18.4 Å². The smallest absolute Gasteiger partial charge is 0.218 e. The van der Waals surface area contributed by atoms with Crippen LogP contribution in [0.15, 0.2) is 59.9 Å². The second-order valence-corrected chi connectivity index (χ2v) is 9.57. The Morgan fingerprint density at radius 2 is 2.06 bits per heavy atom. The number of fused-ring (bicyclic) bond motifs is 1. The zero-order valence-electron chi connectivity index (χ0n) is 18.9. The number of rotatable bonds is 8. The molecule has 1 amide bonds. The minimum absolute atomic E-state index is 0.0680. The number of benzene rings is 2. The van der Waals surface area contributed by atoms with Crippen LogP contribution in [0.3, 0.4) is 0 Å². The summed E-state index contributed by atoms with van der Waals surface area (Å²) in [7, 11) is 1.93. The highest BCUT2D eigenvalue weighted by Gasteiger charge is 2.24. The number of nitrogens with one attached hydrogen (secondary N) is 1. The summed E-state index contributed by atoms with van der Waals surface area (Å²) >= 11 is 1.57. The predicted molar refractivity (Wildman–Crippen MR) is 134 cm³/mol. The van der Waals surface area contributed by atoms with Crippen LogP contribution in [0.2, 0.25) is 0 Å². The van der Waals surface area contributed by atoms with Gasteiger partial charge < -0.3 is 24.8 Å². The lowest BCUT2D eigenvalue weighted by atomic mass is 10.2. The van der Waals surface area contributed by atoms with Crippen LogP contribution in [0.4, 0.5) is 0 Å². The molecule has 2 aromatic carbocycles. The largest absolute Gasteiger partial charge is 0.483 e. The highest BCUT2D eigenvalue weighted by atomic mass is 32.2. The van der Waals surface area contributed by atoms with Gasteiger partial charge in [-0.25, -0.2) is 4.98 Å². The highest BCUT2D eigenvalue weighted by Crippen LogP contribution is 2.36. The topological polar surface area (TPSA) is 108 Å². The number of hydrogen-bond acceptors (Lipinski definition) is 6. The van der Waals surface area contributed by atoms with Crippen molar-refractivity contribution in [3.8, 4) is 17.2 Å². The number of amides is 1. The van der Waals surface area contributed by atoms with Crippen LogP contribution in [0.1, 0.15) is 23.5 Å². The molecule has 1 aliphatic rings. The Kier molecular flexibility index (Phi) is 6.02. The molecule has 0 saturated heterocycles. The van der Waals surface area contributed by atoms with Crippen LogP contribution < -0.4 is 15.2 Å².